The standard InChI is InChI=1S/C19H28ClN5.HI/c1-14(2)18(15-7-6-8-22-10-15)11-23-19(21-3)25(5)13-17-9-16(20)12-24(17)4;/h6-10,12,14,18H,11,13H2,1-5H3,(H,21,23);1H. The third kappa shape index (κ3) is 6.16. The summed E-state index contributed by atoms with van der Waals surface area (Å²) in [5, 5.41) is 4.26. The molecule has 0 saturated heterocycles. The number of aliphatic imine (C=N–C) groups is 1. The number of pyridine rings is 1. The van der Waals surface area contributed by atoms with Gasteiger partial charge in [-0.1, -0.05) is 31.5 Å². The molecule has 26 heavy (non-hydrogen) atoms. The summed E-state index contributed by atoms with van der Waals surface area (Å²) >= 11 is 6.08. The van der Waals surface area contributed by atoms with Crippen LogP contribution in [0, 0.1) is 5.92 Å². The van der Waals surface area contributed by atoms with Gasteiger partial charge in [0.15, 0.2) is 5.96 Å². The second kappa shape index (κ2) is 10.8. The lowest BCUT2D eigenvalue weighted by Gasteiger charge is -2.26. The van der Waals surface area contributed by atoms with Crippen LogP contribution in [-0.4, -0.2) is 41.1 Å². The van der Waals surface area contributed by atoms with Crippen molar-refractivity contribution >= 4 is 41.5 Å². The van der Waals surface area contributed by atoms with E-state index in [4.69, 9.17) is 11.6 Å². The lowest BCUT2D eigenvalue weighted by molar-refractivity contribution is 0.439. The Morgan fingerprint density at radius 3 is 2.65 bits per heavy atom. The minimum atomic E-state index is 0. The molecule has 0 saturated carbocycles. The third-order valence-electron chi connectivity index (χ3n) is 4.44. The summed E-state index contributed by atoms with van der Waals surface area (Å²) in [4.78, 5) is 10.8. The van der Waals surface area contributed by atoms with Crippen LogP contribution in [0.15, 0.2) is 41.8 Å². The molecule has 0 aliphatic carbocycles. The molecule has 2 rings (SSSR count). The second-order valence-corrected chi connectivity index (χ2v) is 7.12. The van der Waals surface area contributed by atoms with Gasteiger partial charge in [-0.15, -0.1) is 24.0 Å². The zero-order valence-electron chi connectivity index (χ0n) is 16.1. The van der Waals surface area contributed by atoms with Gasteiger partial charge in [-0.05, 0) is 23.6 Å². The van der Waals surface area contributed by atoms with Crippen LogP contribution < -0.4 is 5.32 Å². The molecular formula is C19H29ClIN5. The fourth-order valence-electron chi connectivity index (χ4n) is 2.96. The first-order chi connectivity index (χ1) is 11.9. The van der Waals surface area contributed by atoms with E-state index in [2.05, 4.69) is 40.1 Å². The lowest BCUT2D eigenvalue weighted by Crippen LogP contribution is -2.41. The molecule has 1 N–H and O–H groups in total. The van der Waals surface area contributed by atoms with Gasteiger partial charge in [0.2, 0.25) is 0 Å². The minimum Gasteiger partial charge on any atom is -0.356 e. The zero-order valence-corrected chi connectivity index (χ0v) is 19.2. The highest BCUT2D eigenvalue weighted by atomic mass is 127. The quantitative estimate of drug-likeness (QED) is 0.377. The zero-order chi connectivity index (χ0) is 18.4. The number of nitrogens with one attached hydrogen (secondary N) is 1. The van der Waals surface area contributed by atoms with Gasteiger partial charge >= 0.3 is 0 Å². The van der Waals surface area contributed by atoms with Crippen molar-refractivity contribution in [3.8, 4) is 0 Å². The fourth-order valence-corrected chi connectivity index (χ4v) is 3.23. The van der Waals surface area contributed by atoms with Crippen LogP contribution in [0.2, 0.25) is 5.02 Å². The maximum Gasteiger partial charge on any atom is 0.193 e. The van der Waals surface area contributed by atoms with E-state index in [0.29, 0.717) is 11.8 Å². The van der Waals surface area contributed by atoms with Crippen LogP contribution in [0.3, 0.4) is 0 Å². The summed E-state index contributed by atoms with van der Waals surface area (Å²) in [6.45, 7) is 6.02. The van der Waals surface area contributed by atoms with Crippen molar-refractivity contribution in [2.75, 3.05) is 20.6 Å². The first-order valence-electron chi connectivity index (χ1n) is 8.54. The van der Waals surface area contributed by atoms with E-state index in [1.807, 2.05) is 56.4 Å². The molecular weight excluding hydrogens is 461 g/mol. The largest absolute Gasteiger partial charge is 0.356 e. The van der Waals surface area contributed by atoms with E-state index in [-0.39, 0.29) is 24.0 Å². The molecule has 0 aliphatic rings. The van der Waals surface area contributed by atoms with E-state index in [0.717, 1.165) is 29.8 Å². The van der Waals surface area contributed by atoms with E-state index in [1.165, 1.54) is 5.56 Å². The van der Waals surface area contributed by atoms with Gasteiger partial charge in [0.25, 0.3) is 0 Å². The van der Waals surface area contributed by atoms with Gasteiger partial charge in [0, 0.05) is 57.9 Å². The van der Waals surface area contributed by atoms with Gasteiger partial charge in [0.05, 0.1) is 11.6 Å². The molecule has 2 heterocycles. The van der Waals surface area contributed by atoms with Crippen molar-refractivity contribution in [3.05, 3.63) is 53.1 Å². The summed E-state index contributed by atoms with van der Waals surface area (Å²) in [6, 6.07) is 6.11. The molecule has 0 aromatic carbocycles. The van der Waals surface area contributed by atoms with E-state index in [9.17, 15) is 0 Å². The molecule has 5 nitrogen and oxygen atoms in total. The first-order valence-corrected chi connectivity index (χ1v) is 8.92. The summed E-state index contributed by atoms with van der Waals surface area (Å²) < 4.78 is 2.04. The number of hydrogen-bond acceptors (Lipinski definition) is 2. The number of halogens is 2. The number of guanidine groups is 1. The Morgan fingerprint density at radius 1 is 1.42 bits per heavy atom. The molecule has 2 aromatic rings. The second-order valence-electron chi connectivity index (χ2n) is 6.68. The number of aromatic nitrogens is 2. The van der Waals surface area contributed by atoms with Crippen LogP contribution in [-0.2, 0) is 13.6 Å². The van der Waals surface area contributed by atoms with Gasteiger partial charge < -0.3 is 14.8 Å². The molecule has 7 heteroatoms. The Morgan fingerprint density at radius 2 is 2.15 bits per heavy atom. The monoisotopic (exact) mass is 489 g/mol. The van der Waals surface area contributed by atoms with E-state index >= 15 is 0 Å². The average Bonchev–Trinajstić information content (AvgIpc) is 2.89. The van der Waals surface area contributed by atoms with Crippen LogP contribution in [0.4, 0.5) is 0 Å². The molecule has 0 aliphatic heterocycles. The van der Waals surface area contributed by atoms with Gasteiger partial charge in [-0.2, -0.15) is 0 Å². The Hall–Kier alpha value is -1.28. The summed E-state index contributed by atoms with van der Waals surface area (Å²) in [5.74, 6) is 1.75. The summed E-state index contributed by atoms with van der Waals surface area (Å²) in [7, 11) is 5.85. The average molecular weight is 490 g/mol. The predicted molar refractivity (Wildman–Crippen MR) is 120 cm³/mol. The lowest BCUT2D eigenvalue weighted by atomic mass is 9.89. The van der Waals surface area contributed by atoms with Crippen LogP contribution >= 0.6 is 35.6 Å². The number of nitrogens with zero attached hydrogens (tertiary/aromatic N) is 4. The molecule has 0 bridgehead atoms. The SMILES string of the molecule is CN=C(NCC(c1cccnc1)C(C)C)N(C)Cc1cc(Cl)cn1C.I. The molecule has 144 valence electrons. The van der Waals surface area contributed by atoms with Crippen LogP contribution in [0.1, 0.15) is 31.0 Å². The van der Waals surface area contributed by atoms with Crippen molar-refractivity contribution < 1.29 is 0 Å². The summed E-state index contributed by atoms with van der Waals surface area (Å²) in [5.41, 5.74) is 2.39. The highest BCUT2D eigenvalue weighted by Crippen LogP contribution is 2.22. The first kappa shape index (κ1) is 22.8. The van der Waals surface area contributed by atoms with Crippen molar-refractivity contribution in [3.63, 3.8) is 0 Å². The number of rotatable bonds is 6. The van der Waals surface area contributed by atoms with Crippen molar-refractivity contribution in [2.24, 2.45) is 18.0 Å². The van der Waals surface area contributed by atoms with E-state index in [1.54, 1.807) is 0 Å². The maximum atomic E-state index is 6.08. The van der Waals surface area contributed by atoms with Gasteiger partial charge in [0.1, 0.15) is 0 Å². The Labute approximate surface area is 178 Å². The predicted octanol–water partition coefficient (Wildman–Crippen LogP) is 4.14. The molecule has 1 atom stereocenters. The van der Waals surface area contributed by atoms with Crippen LogP contribution in [0.25, 0.3) is 0 Å². The molecule has 0 radical (unpaired) electrons. The fraction of sp³-hybridized carbons (Fsp3) is 0.474. The smallest absolute Gasteiger partial charge is 0.193 e. The highest BCUT2D eigenvalue weighted by molar-refractivity contribution is 14.0. The minimum absolute atomic E-state index is 0. The Bertz CT molecular complexity index is 699. The number of aryl methyl sites for hydroxylation is 1. The number of hydrogen-bond donors (Lipinski definition) is 1. The molecule has 1 unspecified atom stereocenters. The normalized spacial score (nSPS) is 12.7. The topological polar surface area (TPSA) is 45.5 Å². The molecule has 0 fully saturated rings. The van der Waals surface area contributed by atoms with E-state index < -0.39 is 0 Å². The van der Waals surface area contributed by atoms with Crippen molar-refractivity contribution in [1.29, 1.82) is 0 Å². The summed E-state index contributed by atoms with van der Waals surface area (Å²) in [6.07, 6.45) is 5.68. The highest BCUT2D eigenvalue weighted by Gasteiger charge is 2.18. The van der Waals surface area contributed by atoms with Gasteiger partial charge in [-0.3, -0.25) is 9.98 Å². The Kier molecular flexibility index (Phi) is 9.43. The molecule has 0 amide bonds. The maximum absolute atomic E-state index is 6.08. The van der Waals surface area contributed by atoms with Crippen molar-refractivity contribution in [1.82, 2.24) is 19.8 Å². The molecule has 0 spiro atoms. The van der Waals surface area contributed by atoms with Crippen molar-refractivity contribution in [2.45, 2.75) is 26.3 Å². The third-order valence-corrected chi connectivity index (χ3v) is 4.65. The Balaban J connectivity index is 0.00000338. The molecule has 2 aromatic heterocycles. The van der Waals surface area contributed by atoms with Crippen LogP contribution in [0.5, 0.6) is 0 Å². The van der Waals surface area contributed by atoms with Gasteiger partial charge in [-0.25, -0.2) is 0 Å².